The summed E-state index contributed by atoms with van der Waals surface area (Å²) in [5.74, 6) is -0.502. The van der Waals surface area contributed by atoms with Crippen molar-refractivity contribution in [3.63, 3.8) is 0 Å². The highest BCUT2D eigenvalue weighted by atomic mass is 16.6. The molecule has 0 heterocycles. The Morgan fingerprint density at radius 1 is 1.14 bits per heavy atom. The first-order chi connectivity index (χ1) is 16.4. The van der Waals surface area contributed by atoms with Crippen LogP contribution in [0, 0.1) is 5.92 Å². The van der Waals surface area contributed by atoms with Crippen molar-refractivity contribution in [1.82, 2.24) is 15.5 Å². The average molecular weight is 490 g/mol. The van der Waals surface area contributed by atoms with Gasteiger partial charge in [0.25, 0.3) is 0 Å². The van der Waals surface area contributed by atoms with Crippen molar-refractivity contribution in [3.05, 3.63) is 29.8 Å². The Bertz CT molecular complexity index is 859. The molecule has 2 rings (SSSR count). The standard InChI is InChI=1S/C27H43N3O5/c1-7-30(25(33)22(16-18(2)3)29-26(34)35-27(4,5)6)23(19-12-11-15-21(31)17-19)24(32)28-20-13-9-8-10-14-20/h11-12,15,17-18,20,22-23,31H,7-10,13-14,16H2,1-6H3,(H,28,32)(H,29,34). The van der Waals surface area contributed by atoms with Crippen LogP contribution in [0.2, 0.25) is 0 Å². The topological polar surface area (TPSA) is 108 Å². The smallest absolute Gasteiger partial charge is 0.408 e. The first-order valence-corrected chi connectivity index (χ1v) is 12.8. The average Bonchev–Trinajstić information content (AvgIpc) is 2.75. The Balaban J connectivity index is 2.36. The monoisotopic (exact) mass is 489 g/mol. The second-order valence-electron chi connectivity index (χ2n) is 10.8. The Morgan fingerprint density at radius 2 is 1.80 bits per heavy atom. The molecule has 3 amide bonds. The number of ether oxygens (including phenoxy) is 1. The highest BCUT2D eigenvalue weighted by molar-refractivity contribution is 5.92. The van der Waals surface area contributed by atoms with E-state index in [9.17, 15) is 19.5 Å². The second-order valence-corrected chi connectivity index (χ2v) is 10.8. The second kappa shape index (κ2) is 12.8. The van der Waals surface area contributed by atoms with E-state index in [1.165, 1.54) is 17.0 Å². The molecule has 196 valence electrons. The van der Waals surface area contributed by atoms with Crippen LogP contribution in [0.3, 0.4) is 0 Å². The number of carbonyl (C=O) groups excluding carboxylic acids is 3. The number of rotatable bonds is 9. The van der Waals surface area contributed by atoms with Gasteiger partial charge in [0.1, 0.15) is 23.4 Å². The zero-order chi connectivity index (χ0) is 26.2. The molecule has 2 atom stereocenters. The van der Waals surface area contributed by atoms with Crippen molar-refractivity contribution < 1.29 is 24.2 Å². The van der Waals surface area contributed by atoms with E-state index in [1.54, 1.807) is 32.9 Å². The van der Waals surface area contributed by atoms with Crippen LogP contribution < -0.4 is 10.6 Å². The van der Waals surface area contributed by atoms with Crippen molar-refractivity contribution in [3.8, 4) is 5.75 Å². The van der Waals surface area contributed by atoms with Gasteiger partial charge in [-0.2, -0.15) is 0 Å². The number of aromatic hydroxyl groups is 1. The van der Waals surface area contributed by atoms with E-state index in [0.29, 0.717) is 12.0 Å². The molecule has 8 heteroatoms. The Morgan fingerprint density at radius 3 is 2.34 bits per heavy atom. The minimum absolute atomic E-state index is 0.0204. The molecule has 1 fully saturated rings. The zero-order valence-electron chi connectivity index (χ0n) is 22.1. The van der Waals surface area contributed by atoms with E-state index in [1.807, 2.05) is 20.8 Å². The number of phenolic OH excluding ortho intramolecular Hbond substituents is 1. The van der Waals surface area contributed by atoms with Gasteiger partial charge in [-0.1, -0.05) is 45.2 Å². The molecular weight excluding hydrogens is 446 g/mol. The fourth-order valence-corrected chi connectivity index (χ4v) is 4.50. The fraction of sp³-hybridized carbons (Fsp3) is 0.667. The Kier molecular flexibility index (Phi) is 10.4. The third-order valence-corrected chi connectivity index (χ3v) is 6.02. The minimum atomic E-state index is -0.934. The lowest BCUT2D eigenvalue weighted by atomic mass is 9.94. The third-order valence-electron chi connectivity index (χ3n) is 6.02. The van der Waals surface area contributed by atoms with Crippen LogP contribution in [0.5, 0.6) is 5.75 Å². The maximum Gasteiger partial charge on any atom is 0.408 e. The summed E-state index contributed by atoms with van der Waals surface area (Å²) >= 11 is 0. The first kappa shape index (κ1) is 28.5. The molecule has 0 bridgehead atoms. The lowest BCUT2D eigenvalue weighted by Crippen LogP contribution is -2.54. The number of nitrogens with one attached hydrogen (secondary N) is 2. The van der Waals surface area contributed by atoms with Gasteiger partial charge in [0, 0.05) is 12.6 Å². The van der Waals surface area contributed by atoms with E-state index < -0.39 is 23.8 Å². The number of alkyl carbamates (subject to hydrolysis) is 1. The summed E-state index contributed by atoms with van der Waals surface area (Å²) in [5, 5.41) is 16.0. The maximum atomic E-state index is 13.8. The van der Waals surface area contributed by atoms with Gasteiger partial charge < -0.3 is 25.4 Å². The molecule has 0 aliphatic heterocycles. The number of benzene rings is 1. The fourth-order valence-electron chi connectivity index (χ4n) is 4.50. The SMILES string of the molecule is CCN(C(=O)C(CC(C)C)NC(=O)OC(C)(C)C)C(C(=O)NC1CCCCC1)c1cccc(O)c1. The van der Waals surface area contributed by atoms with Crippen LogP contribution in [0.4, 0.5) is 4.79 Å². The molecule has 0 aromatic heterocycles. The van der Waals surface area contributed by atoms with Gasteiger partial charge in [-0.15, -0.1) is 0 Å². The molecular formula is C27H43N3O5. The van der Waals surface area contributed by atoms with Crippen molar-refractivity contribution in [2.24, 2.45) is 5.92 Å². The molecule has 0 radical (unpaired) electrons. The van der Waals surface area contributed by atoms with Crippen LogP contribution in [-0.4, -0.2) is 52.1 Å². The van der Waals surface area contributed by atoms with Gasteiger partial charge in [0.2, 0.25) is 11.8 Å². The van der Waals surface area contributed by atoms with E-state index in [4.69, 9.17) is 4.74 Å². The van der Waals surface area contributed by atoms with E-state index in [2.05, 4.69) is 10.6 Å². The van der Waals surface area contributed by atoms with Gasteiger partial charge >= 0.3 is 6.09 Å². The van der Waals surface area contributed by atoms with Gasteiger partial charge in [-0.25, -0.2) is 4.79 Å². The number of amides is 3. The van der Waals surface area contributed by atoms with Crippen molar-refractivity contribution in [1.29, 1.82) is 0 Å². The Labute approximate surface area is 209 Å². The lowest BCUT2D eigenvalue weighted by Gasteiger charge is -2.35. The lowest BCUT2D eigenvalue weighted by molar-refractivity contribution is -0.142. The number of carbonyl (C=O) groups is 3. The predicted molar refractivity (Wildman–Crippen MR) is 136 cm³/mol. The zero-order valence-corrected chi connectivity index (χ0v) is 22.1. The van der Waals surface area contributed by atoms with E-state index in [0.717, 1.165) is 32.1 Å². The normalized spacial score (nSPS) is 16.3. The predicted octanol–water partition coefficient (Wildman–Crippen LogP) is 4.67. The molecule has 1 aromatic rings. The molecule has 1 saturated carbocycles. The van der Waals surface area contributed by atoms with Gasteiger partial charge in [-0.05, 0) is 70.6 Å². The van der Waals surface area contributed by atoms with E-state index in [-0.39, 0.29) is 36.1 Å². The van der Waals surface area contributed by atoms with Crippen molar-refractivity contribution in [2.45, 2.75) is 104 Å². The number of phenols is 1. The summed E-state index contributed by atoms with van der Waals surface area (Å²) in [7, 11) is 0. The van der Waals surface area contributed by atoms with Crippen LogP contribution in [0.15, 0.2) is 24.3 Å². The largest absolute Gasteiger partial charge is 0.508 e. The summed E-state index contributed by atoms with van der Waals surface area (Å²) in [4.78, 5) is 41.4. The highest BCUT2D eigenvalue weighted by Gasteiger charge is 2.36. The number of hydrogen-bond donors (Lipinski definition) is 3. The Hall–Kier alpha value is -2.77. The van der Waals surface area contributed by atoms with Crippen molar-refractivity contribution >= 4 is 17.9 Å². The maximum absolute atomic E-state index is 13.8. The van der Waals surface area contributed by atoms with E-state index >= 15 is 0 Å². The van der Waals surface area contributed by atoms with Crippen LogP contribution in [0.1, 0.15) is 91.7 Å². The summed E-state index contributed by atoms with van der Waals surface area (Å²) in [6.45, 7) is 11.3. The van der Waals surface area contributed by atoms with Crippen LogP contribution in [-0.2, 0) is 14.3 Å². The summed E-state index contributed by atoms with van der Waals surface area (Å²) < 4.78 is 5.39. The first-order valence-electron chi connectivity index (χ1n) is 12.8. The van der Waals surface area contributed by atoms with Gasteiger partial charge in [-0.3, -0.25) is 9.59 Å². The molecule has 2 unspecified atom stereocenters. The van der Waals surface area contributed by atoms with Gasteiger partial charge in [0.05, 0.1) is 0 Å². The number of hydrogen-bond acceptors (Lipinski definition) is 5. The molecule has 3 N–H and O–H groups in total. The number of likely N-dealkylation sites (N-methyl/N-ethyl adjacent to an activating group) is 1. The van der Waals surface area contributed by atoms with Crippen LogP contribution >= 0.6 is 0 Å². The minimum Gasteiger partial charge on any atom is -0.508 e. The summed E-state index contributed by atoms with van der Waals surface area (Å²) in [6.07, 6.45) is 4.83. The van der Waals surface area contributed by atoms with Crippen LogP contribution in [0.25, 0.3) is 0 Å². The molecule has 0 spiro atoms. The molecule has 35 heavy (non-hydrogen) atoms. The molecule has 0 saturated heterocycles. The van der Waals surface area contributed by atoms with Crippen molar-refractivity contribution in [2.75, 3.05) is 6.54 Å². The summed E-state index contributed by atoms with van der Waals surface area (Å²) in [6, 6.07) is 4.72. The molecule has 1 aliphatic carbocycles. The highest BCUT2D eigenvalue weighted by Crippen LogP contribution is 2.27. The van der Waals surface area contributed by atoms with Gasteiger partial charge in [0.15, 0.2) is 0 Å². The quantitative estimate of drug-likeness (QED) is 0.467. The third kappa shape index (κ3) is 9.07. The molecule has 1 aromatic carbocycles. The number of nitrogens with zero attached hydrogens (tertiary/aromatic N) is 1. The molecule has 1 aliphatic rings. The summed E-state index contributed by atoms with van der Waals surface area (Å²) in [5.41, 5.74) is -0.182. The molecule has 8 nitrogen and oxygen atoms in total.